The van der Waals surface area contributed by atoms with Crippen molar-refractivity contribution in [3.05, 3.63) is 63.6 Å². The molecule has 4 heteroatoms. The highest BCUT2D eigenvalue weighted by atomic mass is 35.5. The second-order valence-corrected chi connectivity index (χ2v) is 5.66. The molecular formula is C16H13Cl2NO. The third kappa shape index (κ3) is 2.54. The molecule has 0 aliphatic carbocycles. The van der Waals surface area contributed by atoms with Gasteiger partial charge in [-0.25, -0.2) is 0 Å². The van der Waals surface area contributed by atoms with Gasteiger partial charge in [-0.2, -0.15) is 0 Å². The number of para-hydroxylation sites is 1. The number of carbonyl (C=O) groups excluding carboxylic acids is 1. The first-order valence-corrected chi connectivity index (χ1v) is 7.23. The lowest BCUT2D eigenvalue weighted by molar-refractivity contribution is -0.117. The van der Waals surface area contributed by atoms with Gasteiger partial charge in [0.05, 0.1) is 16.5 Å². The van der Waals surface area contributed by atoms with Crippen LogP contribution in [0.25, 0.3) is 0 Å². The summed E-state index contributed by atoms with van der Waals surface area (Å²) in [6.45, 7) is 0.750. The van der Waals surface area contributed by atoms with Crippen molar-refractivity contribution in [2.75, 3.05) is 11.4 Å². The van der Waals surface area contributed by atoms with Crippen LogP contribution in [0.5, 0.6) is 0 Å². The Balaban J connectivity index is 1.79. The Bertz CT molecular complexity index is 669. The molecular weight excluding hydrogens is 293 g/mol. The molecule has 3 rings (SSSR count). The smallest absolute Gasteiger partial charge is 0.231 e. The van der Waals surface area contributed by atoms with E-state index in [1.165, 1.54) is 5.56 Å². The van der Waals surface area contributed by atoms with Gasteiger partial charge in [0.2, 0.25) is 5.91 Å². The Morgan fingerprint density at radius 3 is 2.70 bits per heavy atom. The van der Waals surface area contributed by atoms with E-state index in [0.29, 0.717) is 16.5 Å². The molecule has 0 saturated heterocycles. The van der Waals surface area contributed by atoms with Gasteiger partial charge in [0.15, 0.2) is 0 Å². The second-order valence-electron chi connectivity index (χ2n) is 4.85. The van der Waals surface area contributed by atoms with Gasteiger partial charge in [0.25, 0.3) is 0 Å². The molecule has 1 amide bonds. The average Bonchev–Trinajstić information content (AvgIpc) is 2.87. The van der Waals surface area contributed by atoms with Crippen LogP contribution in [0.4, 0.5) is 5.69 Å². The monoisotopic (exact) mass is 305 g/mol. The van der Waals surface area contributed by atoms with Crippen LogP contribution in [0.15, 0.2) is 42.5 Å². The van der Waals surface area contributed by atoms with Crippen LogP contribution in [0.2, 0.25) is 10.0 Å². The van der Waals surface area contributed by atoms with Crippen molar-refractivity contribution in [2.24, 2.45) is 0 Å². The van der Waals surface area contributed by atoms with E-state index in [2.05, 4.69) is 6.07 Å². The maximum atomic E-state index is 12.4. The highest BCUT2D eigenvalue weighted by Crippen LogP contribution is 2.28. The van der Waals surface area contributed by atoms with E-state index in [1.54, 1.807) is 12.1 Å². The van der Waals surface area contributed by atoms with Gasteiger partial charge in [0.1, 0.15) is 0 Å². The van der Waals surface area contributed by atoms with E-state index in [0.717, 1.165) is 24.2 Å². The van der Waals surface area contributed by atoms with Gasteiger partial charge < -0.3 is 4.90 Å². The summed E-state index contributed by atoms with van der Waals surface area (Å²) >= 11 is 11.9. The molecule has 0 spiro atoms. The van der Waals surface area contributed by atoms with E-state index in [1.807, 2.05) is 29.2 Å². The average molecular weight is 306 g/mol. The molecule has 1 heterocycles. The third-order valence-electron chi connectivity index (χ3n) is 3.53. The van der Waals surface area contributed by atoms with Crippen LogP contribution in [-0.4, -0.2) is 12.5 Å². The molecule has 2 aromatic carbocycles. The first kappa shape index (κ1) is 13.5. The number of halogens is 2. The molecule has 1 aliphatic heterocycles. The van der Waals surface area contributed by atoms with Gasteiger partial charge in [-0.3, -0.25) is 4.79 Å². The number of rotatable bonds is 2. The molecule has 1 aliphatic rings. The fourth-order valence-corrected chi connectivity index (χ4v) is 2.84. The largest absolute Gasteiger partial charge is 0.312 e. The molecule has 0 aromatic heterocycles. The van der Waals surface area contributed by atoms with E-state index in [-0.39, 0.29) is 5.91 Å². The molecule has 0 bridgehead atoms. The number of anilines is 1. The van der Waals surface area contributed by atoms with Gasteiger partial charge in [-0.15, -0.1) is 0 Å². The summed E-state index contributed by atoms with van der Waals surface area (Å²) in [6.07, 6.45) is 1.26. The minimum Gasteiger partial charge on any atom is -0.312 e. The standard InChI is InChI=1S/C16H13Cl2NO/c17-13-6-5-11(9-14(13)18)10-16(20)19-8-7-12-3-1-2-4-15(12)19/h1-6,9H,7-8,10H2. The van der Waals surface area contributed by atoms with Crippen LogP contribution in [-0.2, 0) is 17.6 Å². The lowest BCUT2D eigenvalue weighted by Crippen LogP contribution is -2.30. The maximum Gasteiger partial charge on any atom is 0.231 e. The van der Waals surface area contributed by atoms with Crippen molar-refractivity contribution >= 4 is 34.8 Å². The van der Waals surface area contributed by atoms with Crippen molar-refractivity contribution in [2.45, 2.75) is 12.8 Å². The number of benzene rings is 2. The summed E-state index contributed by atoms with van der Waals surface area (Å²) in [5, 5.41) is 0.994. The van der Waals surface area contributed by atoms with Crippen molar-refractivity contribution < 1.29 is 4.79 Å². The normalized spacial score (nSPS) is 13.4. The highest BCUT2D eigenvalue weighted by Gasteiger charge is 2.24. The Hall–Kier alpha value is -1.51. The van der Waals surface area contributed by atoms with Crippen molar-refractivity contribution in [1.29, 1.82) is 0 Å². The lowest BCUT2D eigenvalue weighted by Gasteiger charge is -2.17. The van der Waals surface area contributed by atoms with E-state index < -0.39 is 0 Å². The Kier molecular flexibility index (Phi) is 3.68. The number of amides is 1. The minimum atomic E-state index is 0.0911. The van der Waals surface area contributed by atoms with Crippen molar-refractivity contribution in [1.82, 2.24) is 0 Å². The number of hydrogen-bond acceptors (Lipinski definition) is 1. The predicted octanol–water partition coefficient (Wildman–Crippen LogP) is 4.13. The fourth-order valence-electron chi connectivity index (χ4n) is 2.52. The Morgan fingerprint density at radius 1 is 1.10 bits per heavy atom. The number of fused-ring (bicyclic) bond motifs is 1. The van der Waals surface area contributed by atoms with Crippen molar-refractivity contribution in [3.8, 4) is 0 Å². The molecule has 0 fully saturated rings. The minimum absolute atomic E-state index is 0.0911. The second kappa shape index (κ2) is 5.47. The molecule has 0 atom stereocenters. The number of nitrogens with zero attached hydrogens (tertiary/aromatic N) is 1. The highest BCUT2D eigenvalue weighted by molar-refractivity contribution is 6.42. The zero-order valence-electron chi connectivity index (χ0n) is 10.8. The molecule has 0 unspecified atom stereocenters. The lowest BCUT2D eigenvalue weighted by atomic mass is 10.1. The summed E-state index contributed by atoms with van der Waals surface area (Å²) in [4.78, 5) is 14.3. The van der Waals surface area contributed by atoms with Gasteiger partial charge in [-0.1, -0.05) is 47.5 Å². The van der Waals surface area contributed by atoms with E-state index >= 15 is 0 Å². The predicted molar refractivity (Wildman–Crippen MR) is 82.7 cm³/mol. The van der Waals surface area contributed by atoms with Crippen LogP contribution in [0.1, 0.15) is 11.1 Å². The molecule has 0 N–H and O–H groups in total. The summed E-state index contributed by atoms with van der Waals surface area (Å²) in [5.41, 5.74) is 3.14. The van der Waals surface area contributed by atoms with Crippen LogP contribution in [0.3, 0.4) is 0 Å². The zero-order chi connectivity index (χ0) is 14.1. The molecule has 2 nitrogen and oxygen atoms in total. The molecule has 20 heavy (non-hydrogen) atoms. The van der Waals surface area contributed by atoms with Crippen LogP contribution < -0.4 is 4.90 Å². The third-order valence-corrected chi connectivity index (χ3v) is 4.27. The van der Waals surface area contributed by atoms with Crippen LogP contribution >= 0.6 is 23.2 Å². The Labute approximate surface area is 127 Å². The summed E-state index contributed by atoms with van der Waals surface area (Å²) in [5.74, 6) is 0.0911. The number of carbonyl (C=O) groups is 1. The molecule has 0 saturated carbocycles. The molecule has 102 valence electrons. The summed E-state index contributed by atoms with van der Waals surface area (Å²) in [6, 6.07) is 13.4. The fraction of sp³-hybridized carbons (Fsp3) is 0.188. The molecule has 0 radical (unpaired) electrons. The van der Waals surface area contributed by atoms with E-state index in [9.17, 15) is 4.79 Å². The van der Waals surface area contributed by atoms with Gasteiger partial charge in [-0.05, 0) is 35.7 Å². The SMILES string of the molecule is O=C(Cc1ccc(Cl)c(Cl)c1)N1CCc2ccccc21. The van der Waals surface area contributed by atoms with E-state index in [4.69, 9.17) is 23.2 Å². The maximum absolute atomic E-state index is 12.4. The van der Waals surface area contributed by atoms with Crippen molar-refractivity contribution in [3.63, 3.8) is 0 Å². The van der Waals surface area contributed by atoms with Crippen LogP contribution in [0, 0.1) is 0 Å². The summed E-state index contributed by atoms with van der Waals surface area (Å²) in [7, 11) is 0. The molecule has 2 aromatic rings. The first-order chi connectivity index (χ1) is 9.65. The van der Waals surface area contributed by atoms with Gasteiger partial charge >= 0.3 is 0 Å². The quantitative estimate of drug-likeness (QED) is 0.817. The summed E-state index contributed by atoms with van der Waals surface area (Å²) < 4.78 is 0. The van der Waals surface area contributed by atoms with Gasteiger partial charge in [0, 0.05) is 12.2 Å². The number of hydrogen-bond donors (Lipinski definition) is 0. The first-order valence-electron chi connectivity index (χ1n) is 6.47. The zero-order valence-corrected chi connectivity index (χ0v) is 12.3. The topological polar surface area (TPSA) is 20.3 Å². The Morgan fingerprint density at radius 2 is 1.90 bits per heavy atom.